The molecule has 19 heavy (non-hydrogen) atoms. The molecule has 0 aliphatic heterocycles. The van der Waals surface area contributed by atoms with Crippen LogP contribution >= 0.6 is 23.2 Å². The molecule has 0 amide bonds. The van der Waals surface area contributed by atoms with E-state index in [1.165, 1.54) is 30.3 Å². The highest BCUT2D eigenvalue weighted by Crippen LogP contribution is 2.26. The van der Waals surface area contributed by atoms with Gasteiger partial charge in [0.25, 0.3) is 10.0 Å². The summed E-state index contributed by atoms with van der Waals surface area (Å²) in [5, 5.41) is 0.308. The summed E-state index contributed by atoms with van der Waals surface area (Å²) in [6.45, 7) is 0. The quantitative estimate of drug-likeness (QED) is 0.931. The Kier molecular flexibility index (Phi) is 3.99. The standard InChI is InChI=1S/C12H8Cl2FNO2S/c13-8-1-6-11(14)12(7-8)19(17,18)16-10-4-2-9(15)3-5-10/h1-7,16H. The van der Waals surface area contributed by atoms with Gasteiger partial charge < -0.3 is 0 Å². The lowest BCUT2D eigenvalue weighted by atomic mass is 10.3. The van der Waals surface area contributed by atoms with Crippen LogP contribution in [0.4, 0.5) is 10.1 Å². The summed E-state index contributed by atoms with van der Waals surface area (Å²) in [6, 6.07) is 9.05. The van der Waals surface area contributed by atoms with Crippen LogP contribution in [-0.4, -0.2) is 8.42 Å². The highest BCUT2D eigenvalue weighted by Gasteiger charge is 2.18. The zero-order valence-electron chi connectivity index (χ0n) is 9.40. The average molecular weight is 320 g/mol. The molecule has 0 saturated heterocycles. The molecule has 100 valence electrons. The summed E-state index contributed by atoms with van der Waals surface area (Å²) in [5.41, 5.74) is 0.234. The van der Waals surface area contributed by atoms with Crippen molar-refractivity contribution >= 4 is 38.9 Å². The van der Waals surface area contributed by atoms with Gasteiger partial charge in [0, 0.05) is 10.7 Å². The summed E-state index contributed by atoms with van der Waals surface area (Å²) in [6.07, 6.45) is 0. The molecule has 3 nitrogen and oxygen atoms in total. The molecule has 0 unspecified atom stereocenters. The van der Waals surface area contributed by atoms with Crippen molar-refractivity contribution in [2.75, 3.05) is 4.72 Å². The molecule has 0 bridgehead atoms. The van der Waals surface area contributed by atoms with Gasteiger partial charge in [-0.05, 0) is 42.5 Å². The topological polar surface area (TPSA) is 46.2 Å². The Morgan fingerprint density at radius 3 is 2.26 bits per heavy atom. The van der Waals surface area contributed by atoms with Crippen LogP contribution in [-0.2, 0) is 10.0 Å². The fraction of sp³-hybridized carbons (Fsp3) is 0. The smallest absolute Gasteiger partial charge is 0.263 e. The van der Waals surface area contributed by atoms with Gasteiger partial charge in [-0.2, -0.15) is 0 Å². The van der Waals surface area contributed by atoms with Crippen molar-refractivity contribution in [1.82, 2.24) is 0 Å². The molecule has 0 radical (unpaired) electrons. The van der Waals surface area contributed by atoms with Crippen LogP contribution in [0.3, 0.4) is 0 Å². The summed E-state index contributed by atoms with van der Waals surface area (Å²) < 4.78 is 39.3. The molecule has 2 aromatic rings. The molecule has 0 heterocycles. The third-order valence-corrected chi connectivity index (χ3v) is 4.38. The number of nitrogens with one attached hydrogen (secondary N) is 1. The maximum Gasteiger partial charge on any atom is 0.263 e. The van der Waals surface area contributed by atoms with Gasteiger partial charge in [-0.1, -0.05) is 23.2 Å². The SMILES string of the molecule is O=S(=O)(Nc1ccc(F)cc1)c1cc(Cl)ccc1Cl. The number of halogens is 3. The van der Waals surface area contributed by atoms with E-state index in [0.717, 1.165) is 12.1 Å². The second kappa shape index (κ2) is 5.36. The monoisotopic (exact) mass is 319 g/mol. The lowest BCUT2D eigenvalue weighted by Gasteiger charge is -2.09. The summed E-state index contributed by atoms with van der Waals surface area (Å²) in [5.74, 6) is -0.455. The first kappa shape index (κ1) is 14.1. The zero-order chi connectivity index (χ0) is 14.0. The predicted octanol–water partition coefficient (Wildman–Crippen LogP) is 3.93. The van der Waals surface area contributed by atoms with Crippen molar-refractivity contribution in [2.45, 2.75) is 4.90 Å². The van der Waals surface area contributed by atoms with Crippen LogP contribution in [0.1, 0.15) is 0 Å². The largest absolute Gasteiger partial charge is 0.280 e. The lowest BCUT2D eigenvalue weighted by molar-refractivity contribution is 0.601. The number of hydrogen-bond acceptors (Lipinski definition) is 2. The Bertz CT molecular complexity index is 702. The molecular formula is C12H8Cl2FNO2S. The number of benzene rings is 2. The van der Waals surface area contributed by atoms with Gasteiger partial charge in [0.05, 0.1) is 5.02 Å². The number of hydrogen-bond donors (Lipinski definition) is 1. The predicted molar refractivity (Wildman–Crippen MR) is 73.7 cm³/mol. The van der Waals surface area contributed by atoms with Crippen molar-refractivity contribution in [3.05, 3.63) is 58.3 Å². The van der Waals surface area contributed by atoms with E-state index in [0.29, 0.717) is 0 Å². The molecule has 0 aliphatic carbocycles. The van der Waals surface area contributed by atoms with E-state index in [2.05, 4.69) is 4.72 Å². The van der Waals surface area contributed by atoms with Gasteiger partial charge in [0.2, 0.25) is 0 Å². The van der Waals surface area contributed by atoms with Gasteiger partial charge in [0.1, 0.15) is 10.7 Å². The maximum absolute atomic E-state index is 12.7. The summed E-state index contributed by atoms with van der Waals surface area (Å²) in [4.78, 5) is -0.133. The minimum Gasteiger partial charge on any atom is -0.280 e. The van der Waals surface area contributed by atoms with Gasteiger partial charge in [-0.15, -0.1) is 0 Å². The number of rotatable bonds is 3. The first-order valence-electron chi connectivity index (χ1n) is 5.12. The number of sulfonamides is 1. The molecule has 0 fully saturated rings. The second-order valence-electron chi connectivity index (χ2n) is 3.69. The zero-order valence-corrected chi connectivity index (χ0v) is 11.7. The summed E-state index contributed by atoms with van der Waals surface area (Å²) in [7, 11) is -3.87. The van der Waals surface area contributed by atoms with Crippen LogP contribution < -0.4 is 4.72 Å². The van der Waals surface area contributed by atoms with E-state index in [-0.39, 0.29) is 20.6 Å². The van der Waals surface area contributed by atoms with Crippen molar-refractivity contribution in [3.63, 3.8) is 0 Å². The van der Waals surface area contributed by atoms with E-state index in [1.54, 1.807) is 0 Å². The molecule has 0 spiro atoms. The van der Waals surface area contributed by atoms with Crippen LogP contribution in [0.25, 0.3) is 0 Å². The van der Waals surface area contributed by atoms with Crippen molar-refractivity contribution in [3.8, 4) is 0 Å². The molecular weight excluding hydrogens is 312 g/mol. The molecule has 0 aromatic heterocycles. The van der Waals surface area contributed by atoms with Gasteiger partial charge in [-0.3, -0.25) is 4.72 Å². The normalized spacial score (nSPS) is 11.3. The van der Waals surface area contributed by atoms with E-state index in [1.807, 2.05) is 0 Å². The van der Waals surface area contributed by atoms with Crippen molar-refractivity contribution in [1.29, 1.82) is 0 Å². The molecule has 0 aliphatic rings. The van der Waals surface area contributed by atoms with E-state index in [4.69, 9.17) is 23.2 Å². The Morgan fingerprint density at radius 2 is 1.63 bits per heavy atom. The minimum atomic E-state index is -3.87. The number of anilines is 1. The Balaban J connectivity index is 2.37. The molecule has 1 N–H and O–H groups in total. The molecule has 2 rings (SSSR count). The van der Waals surface area contributed by atoms with Gasteiger partial charge in [0.15, 0.2) is 0 Å². The maximum atomic E-state index is 12.7. The van der Waals surface area contributed by atoms with Gasteiger partial charge >= 0.3 is 0 Å². The fourth-order valence-electron chi connectivity index (χ4n) is 1.41. The molecule has 0 atom stereocenters. The van der Waals surface area contributed by atoms with Crippen LogP contribution in [0.5, 0.6) is 0 Å². The van der Waals surface area contributed by atoms with Crippen molar-refractivity contribution < 1.29 is 12.8 Å². The van der Waals surface area contributed by atoms with Crippen molar-refractivity contribution in [2.24, 2.45) is 0 Å². The first-order valence-corrected chi connectivity index (χ1v) is 7.36. The van der Waals surface area contributed by atoms with E-state index >= 15 is 0 Å². The fourth-order valence-corrected chi connectivity index (χ4v) is 3.23. The second-order valence-corrected chi connectivity index (χ2v) is 6.18. The highest BCUT2D eigenvalue weighted by atomic mass is 35.5. The molecule has 7 heteroatoms. The molecule has 2 aromatic carbocycles. The third kappa shape index (κ3) is 3.37. The van der Waals surface area contributed by atoms with E-state index in [9.17, 15) is 12.8 Å². The average Bonchev–Trinajstić information content (AvgIpc) is 2.35. The van der Waals surface area contributed by atoms with Gasteiger partial charge in [-0.25, -0.2) is 12.8 Å². The Hall–Kier alpha value is -1.30. The minimum absolute atomic E-state index is 0.0546. The lowest BCUT2D eigenvalue weighted by Crippen LogP contribution is -2.13. The van der Waals surface area contributed by atoms with E-state index < -0.39 is 15.8 Å². The van der Waals surface area contributed by atoms with Crippen LogP contribution in [0, 0.1) is 5.82 Å². The first-order chi connectivity index (χ1) is 8.88. The summed E-state index contributed by atoms with van der Waals surface area (Å²) >= 11 is 11.6. The van der Waals surface area contributed by atoms with Crippen LogP contribution in [0.15, 0.2) is 47.4 Å². The highest BCUT2D eigenvalue weighted by molar-refractivity contribution is 7.92. The Labute approximate surface area is 120 Å². The Morgan fingerprint density at radius 1 is 1.00 bits per heavy atom. The van der Waals surface area contributed by atoms with Crippen LogP contribution in [0.2, 0.25) is 10.0 Å². The molecule has 0 saturated carbocycles. The third-order valence-electron chi connectivity index (χ3n) is 2.28.